The molecule has 0 radical (unpaired) electrons. The number of Topliss-reactive ketones (excluding diaryl/α,β-unsaturated/α-hetero) is 5. The van der Waals surface area contributed by atoms with Crippen molar-refractivity contribution >= 4 is 28.9 Å². The van der Waals surface area contributed by atoms with Crippen LogP contribution in [0, 0.1) is 46.5 Å². The molecule has 7 aromatic heterocycles. The zero-order valence-corrected chi connectivity index (χ0v) is 71.5. The van der Waals surface area contributed by atoms with Crippen molar-refractivity contribution in [3.8, 4) is 73.4 Å². The highest BCUT2D eigenvalue weighted by Crippen LogP contribution is 2.48. The number of hydrogen-bond acceptors (Lipinski definition) is 20. The van der Waals surface area contributed by atoms with Gasteiger partial charge in [-0.1, -0.05) is 0 Å². The Labute approximate surface area is 741 Å². The number of hydrogen-bond donors (Lipinski definition) is 1. The minimum atomic E-state index is -4.33. The number of nitrogens with one attached hydrogen (secondary N) is 1. The highest BCUT2D eigenvalue weighted by Gasteiger charge is 2.42. The molecule has 1 N–H and O–H groups in total. The summed E-state index contributed by atoms with van der Waals surface area (Å²) in [6.45, 7) is 0.718. The summed E-state index contributed by atoms with van der Waals surface area (Å²) in [5.41, 5.74) is 8.85. The first-order chi connectivity index (χ1) is 62.2. The molecule has 700 valence electrons. The molecule has 0 aliphatic carbocycles. The van der Waals surface area contributed by atoms with Crippen LogP contribution in [0.5, 0.6) is 17.6 Å². The maximum Gasteiger partial charge on any atom is 0.401 e. The average Bonchev–Trinajstić information content (AvgIpc) is 1.54. The third-order valence-corrected chi connectivity index (χ3v) is 22.5. The van der Waals surface area contributed by atoms with Crippen molar-refractivity contribution in [3.05, 3.63) is 224 Å². The molecule has 10 aromatic rings. The molecule has 40 heteroatoms. The van der Waals surface area contributed by atoms with Crippen LogP contribution in [0.3, 0.4) is 0 Å². The molecule has 0 amide bonds. The molecule has 0 spiro atoms. The summed E-state index contributed by atoms with van der Waals surface area (Å²) in [7, 11) is 2.68. The fourth-order valence-electron chi connectivity index (χ4n) is 16.6. The van der Waals surface area contributed by atoms with Crippen LogP contribution >= 0.6 is 0 Å². The molecule has 0 unspecified atom stereocenters. The number of ether oxygens (including phenoxy) is 5. The van der Waals surface area contributed by atoms with E-state index in [9.17, 15) is 107 Å². The van der Waals surface area contributed by atoms with E-state index in [1.165, 1.54) is 97.5 Å². The molecule has 7 aliphatic heterocycles. The second-order valence-corrected chi connectivity index (χ2v) is 32.7. The summed E-state index contributed by atoms with van der Waals surface area (Å²) < 4.78 is 277. The summed E-state index contributed by atoms with van der Waals surface area (Å²) in [6.07, 6.45) is -3.88. The Kier molecular flexibility index (Phi) is 30.0. The summed E-state index contributed by atoms with van der Waals surface area (Å²) in [5.74, 6) is -7.30. The number of likely N-dealkylation sites (N-methyl/N-ethyl adjacent to an activating group) is 2. The van der Waals surface area contributed by atoms with Gasteiger partial charge in [0.2, 0.25) is 17.6 Å². The number of alkyl halides is 11. The van der Waals surface area contributed by atoms with E-state index in [0.717, 1.165) is 107 Å². The zero-order chi connectivity index (χ0) is 95.4. The van der Waals surface area contributed by atoms with Crippen molar-refractivity contribution in [1.82, 2.24) is 54.8 Å². The Bertz CT molecular complexity index is 5880. The van der Waals surface area contributed by atoms with Gasteiger partial charge in [-0.25, -0.2) is 64.7 Å². The van der Waals surface area contributed by atoms with Gasteiger partial charge >= 0.3 is 25.1 Å². The quantitative estimate of drug-likeness (QED) is 0.0550. The maximum absolute atomic E-state index is 14.3. The molecular weight excluding hydrogens is 1780 g/mol. The summed E-state index contributed by atoms with van der Waals surface area (Å²) in [4.78, 5) is 86.6. The lowest BCUT2D eigenvalue weighted by molar-refractivity contribution is -0.146. The largest absolute Gasteiger partial charge is 0.473 e. The molecule has 0 saturated carbocycles. The van der Waals surface area contributed by atoms with Gasteiger partial charge < -0.3 is 29.0 Å². The first-order valence-corrected chi connectivity index (χ1v) is 41.6. The molecular formula is C92H84F19N11O10. The van der Waals surface area contributed by atoms with Gasteiger partial charge in [-0.05, 0) is 178 Å². The van der Waals surface area contributed by atoms with Gasteiger partial charge in [0.25, 0.3) is 0 Å². The standard InChI is InChI=1S/2C20H19F5N2O2.C19H17F5N2O2.C17H14F2N2O2.C16H15F2N3O2/c2*1-11(28)18-8-16(14-5-3-12(21)7-17(14)22)15-6-4-13(29-19(15)26-18)9-27(2)10-20(23,24)25;1-10(27)17-7-15(13-4-2-11(20)6-16(13)21)14-5-3-12(28-18(14)26-17)8-25-9-19(22,23)24;1-8(22)14-6-12(16-13(19)4-9(18)7-20-16)11-5-10-2-3-15(23-10)17(11)21-14;1-8(22)13-5-11(9-6-19-21(7-9)16(17)18)12-4-10-2-3-14(23-10)15(12)20-13/h2*3,5,7-8,13H,4,6,9-10H2,1-2H3;2,4,6-7,12,25H,3,5,8-9H2,1H3;4,6-7,10,15H,2-3,5H2,1H3;5-7,10,14,16H,2-4H2,1H3/t2*13-;12-;10-,15+;10-,14+/m10001/s1. The minimum absolute atomic E-state index is 0.0190. The number of nitrogens with zero attached hydrogens (tertiary/aromatic N) is 10. The molecule has 17 rings (SSSR count). The molecule has 2 saturated heterocycles. The fraction of sp³-hybridized carbons (Fsp3) is 0.391. The Morgan fingerprint density at radius 3 is 1.15 bits per heavy atom. The normalized spacial score (nSPS) is 18.5. The highest BCUT2D eigenvalue weighted by atomic mass is 19.4. The lowest BCUT2D eigenvalue weighted by Gasteiger charge is -2.30. The van der Waals surface area contributed by atoms with Crippen molar-refractivity contribution in [2.75, 3.05) is 53.4 Å². The Morgan fingerprint density at radius 1 is 0.424 bits per heavy atom. The first kappa shape index (κ1) is 97.5. The van der Waals surface area contributed by atoms with Crippen LogP contribution in [0.15, 0.2) is 110 Å². The molecule has 21 nitrogen and oxygen atoms in total. The highest BCUT2D eigenvalue weighted by molar-refractivity contribution is 5.97. The second-order valence-electron chi connectivity index (χ2n) is 32.7. The SMILES string of the molecule is CC(=O)c1cc(-c2ccc(F)cc2F)c2c(n1)O[C@@H](CN(C)CC(F)(F)F)CC2.CC(=O)c1cc(-c2ccc(F)cc2F)c2c(n1)O[C@H](CN(C)CC(F)(F)F)CC2.CC(=O)c1cc(-c2ccc(F)cc2F)c2c(n1)O[C@H](CNCC(F)(F)F)CC2.CC(=O)c1cc(-c2cnn(C(F)F)c2)c2c(n1)[C@@H]1CC[C@H](C2)O1.CC(=O)c1cc(-c2ncc(F)cc2F)c2c(n1)[C@H]1CC[C@@H](C2)O1. The molecule has 7 aliphatic rings. The topological polar surface area (TPSA) is 245 Å². The average molecular weight is 1860 g/mol. The van der Waals surface area contributed by atoms with Crippen molar-refractivity contribution in [1.29, 1.82) is 0 Å². The van der Waals surface area contributed by atoms with Crippen LogP contribution in [-0.2, 0) is 41.6 Å². The van der Waals surface area contributed by atoms with E-state index in [1.54, 1.807) is 12.1 Å². The molecule has 14 heterocycles. The van der Waals surface area contributed by atoms with Gasteiger partial charge in [0.15, 0.2) is 34.7 Å². The summed E-state index contributed by atoms with van der Waals surface area (Å²) in [5, 5.41) is 5.98. The molecule has 2 fully saturated rings. The number of halogens is 19. The van der Waals surface area contributed by atoms with Gasteiger partial charge in [-0.3, -0.25) is 38.8 Å². The third-order valence-electron chi connectivity index (χ3n) is 22.5. The second kappa shape index (κ2) is 40.6. The monoisotopic (exact) mass is 1860 g/mol. The number of rotatable bonds is 20. The number of carbonyl (C=O) groups is 5. The van der Waals surface area contributed by atoms with E-state index in [4.69, 9.17) is 23.7 Å². The minimum Gasteiger partial charge on any atom is -0.473 e. The molecule has 132 heavy (non-hydrogen) atoms. The number of fused-ring (bicyclic) bond motifs is 11. The van der Waals surface area contributed by atoms with Gasteiger partial charge in [0.1, 0.15) is 105 Å². The molecule has 4 bridgehead atoms. The van der Waals surface area contributed by atoms with Crippen molar-refractivity contribution in [3.63, 3.8) is 0 Å². The molecule has 3 aromatic carbocycles. The van der Waals surface area contributed by atoms with Gasteiger partial charge in [0.05, 0.1) is 55.6 Å². The van der Waals surface area contributed by atoms with Gasteiger partial charge in [-0.15, -0.1) is 0 Å². The van der Waals surface area contributed by atoms with E-state index in [1.807, 2.05) is 0 Å². The third kappa shape index (κ3) is 24.1. The smallest absolute Gasteiger partial charge is 0.401 e. The van der Waals surface area contributed by atoms with Crippen molar-refractivity contribution in [2.24, 2.45) is 0 Å². The Hall–Kier alpha value is -12.0. The fourth-order valence-corrected chi connectivity index (χ4v) is 16.6. The Morgan fingerprint density at radius 2 is 0.788 bits per heavy atom. The zero-order valence-electron chi connectivity index (χ0n) is 71.5. The van der Waals surface area contributed by atoms with Crippen LogP contribution < -0.4 is 19.5 Å². The van der Waals surface area contributed by atoms with Crippen LogP contribution in [0.1, 0.15) is 190 Å². The molecule has 7 atom stereocenters. The van der Waals surface area contributed by atoms with Crippen molar-refractivity contribution in [2.45, 2.75) is 179 Å². The predicted octanol–water partition coefficient (Wildman–Crippen LogP) is 19.6. The van der Waals surface area contributed by atoms with Gasteiger partial charge in [0, 0.05) is 142 Å². The summed E-state index contributed by atoms with van der Waals surface area (Å²) in [6, 6.07) is 17.7. The van der Waals surface area contributed by atoms with Crippen LogP contribution in [-0.4, -0.2) is 181 Å². The van der Waals surface area contributed by atoms with E-state index >= 15 is 0 Å². The summed E-state index contributed by atoms with van der Waals surface area (Å²) >= 11 is 0. The number of aromatic nitrogens is 8. The number of pyridine rings is 6. The number of carbonyl (C=O) groups excluding carboxylic acids is 5. The van der Waals surface area contributed by atoms with Crippen LogP contribution in [0.4, 0.5) is 83.4 Å². The van der Waals surface area contributed by atoms with Crippen LogP contribution in [0.2, 0.25) is 0 Å². The van der Waals surface area contributed by atoms with Crippen molar-refractivity contribution < 1.29 is 131 Å². The van der Waals surface area contributed by atoms with Crippen LogP contribution in [0.25, 0.3) is 55.8 Å². The van der Waals surface area contributed by atoms with E-state index in [0.29, 0.717) is 112 Å². The predicted molar refractivity (Wildman–Crippen MR) is 438 cm³/mol. The number of benzene rings is 3. The van der Waals surface area contributed by atoms with E-state index in [2.05, 4.69) is 40.3 Å². The lowest BCUT2D eigenvalue weighted by atomic mass is 9.93. The number of ketones is 5. The first-order valence-electron chi connectivity index (χ1n) is 41.6. The maximum atomic E-state index is 14.3. The lowest BCUT2D eigenvalue weighted by Crippen LogP contribution is -2.40. The van der Waals surface area contributed by atoms with Gasteiger partial charge in [-0.2, -0.15) is 53.4 Å². The van der Waals surface area contributed by atoms with E-state index in [-0.39, 0.29) is 136 Å². The van der Waals surface area contributed by atoms with E-state index < -0.39 is 110 Å². The Balaban J connectivity index is 0.000000141.